The van der Waals surface area contributed by atoms with Crippen molar-refractivity contribution in [3.05, 3.63) is 29.1 Å². The van der Waals surface area contributed by atoms with E-state index in [1.807, 2.05) is 13.2 Å². The first-order valence-corrected chi connectivity index (χ1v) is 9.08. The molecule has 1 aromatic carbocycles. The Morgan fingerprint density at radius 1 is 1.48 bits per heavy atom. The predicted molar refractivity (Wildman–Crippen MR) is 80.8 cm³/mol. The third-order valence-corrected chi connectivity index (χ3v) is 5.36. The highest BCUT2D eigenvalue weighted by atomic mass is 32.2. The molecular formula is C13H18FNO4S2. The van der Waals surface area contributed by atoms with Crippen LogP contribution in [-0.4, -0.2) is 38.0 Å². The van der Waals surface area contributed by atoms with Crippen LogP contribution >= 0.6 is 11.8 Å². The molecule has 8 heteroatoms. The second kappa shape index (κ2) is 7.24. The number of hydrogen-bond acceptors (Lipinski definition) is 4. The van der Waals surface area contributed by atoms with Crippen molar-refractivity contribution in [1.29, 1.82) is 0 Å². The van der Waals surface area contributed by atoms with Gasteiger partial charge in [0.05, 0.1) is 10.5 Å². The average molecular weight is 335 g/mol. The zero-order chi connectivity index (χ0) is 16.2. The number of carbonyl (C=O) groups is 1. The second-order valence-electron chi connectivity index (χ2n) is 4.80. The Morgan fingerprint density at radius 3 is 2.62 bits per heavy atom. The number of aromatic carboxylic acids is 1. The molecule has 0 fully saturated rings. The third-order valence-electron chi connectivity index (χ3n) is 2.91. The van der Waals surface area contributed by atoms with Gasteiger partial charge in [-0.2, -0.15) is 11.8 Å². The molecule has 2 N–H and O–H groups in total. The highest BCUT2D eigenvalue weighted by Crippen LogP contribution is 2.21. The van der Waals surface area contributed by atoms with Crippen LogP contribution in [0.3, 0.4) is 0 Å². The van der Waals surface area contributed by atoms with E-state index in [2.05, 4.69) is 4.72 Å². The standard InChI is InChI=1S/C13H18FNO4S2/c1-8(7-20-3)6-15-21(18,19)12-5-10(13(16)17)4-11(14)9(12)2/h4-5,8,15H,6-7H2,1-3H3,(H,16,17). The number of nitrogens with one attached hydrogen (secondary N) is 1. The highest BCUT2D eigenvalue weighted by Gasteiger charge is 2.22. The Labute approximate surface area is 128 Å². The summed E-state index contributed by atoms with van der Waals surface area (Å²) < 4.78 is 40.5. The maximum atomic E-state index is 13.7. The maximum Gasteiger partial charge on any atom is 0.335 e. The van der Waals surface area contributed by atoms with Crippen LogP contribution in [0, 0.1) is 18.7 Å². The quantitative estimate of drug-likeness (QED) is 0.797. The van der Waals surface area contributed by atoms with E-state index >= 15 is 0 Å². The number of rotatable bonds is 7. The van der Waals surface area contributed by atoms with Crippen LogP contribution in [0.4, 0.5) is 4.39 Å². The highest BCUT2D eigenvalue weighted by molar-refractivity contribution is 7.98. The van der Waals surface area contributed by atoms with Crippen LogP contribution in [0.15, 0.2) is 17.0 Å². The number of sulfonamides is 1. The van der Waals surface area contributed by atoms with E-state index < -0.39 is 27.4 Å². The molecule has 0 aromatic heterocycles. The van der Waals surface area contributed by atoms with Gasteiger partial charge in [-0.05, 0) is 37.0 Å². The van der Waals surface area contributed by atoms with Crippen LogP contribution in [0.2, 0.25) is 0 Å². The Balaban J connectivity index is 3.10. The van der Waals surface area contributed by atoms with Crippen molar-refractivity contribution in [2.75, 3.05) is 18.6 Å². The van der Waals surface area contributed by atoms with Gasteiger partial charge in [-0.3, -0.25) is 0 Å². The summed E-state index contributed by atoms with van der Waals surface area (Å²) in [7, 11) is -3.95. The Kier molecular flexibility index (Phi) is 6.18. The first kappa shape index (κ1) is 17.9. The summed E-state index contributed by atoms with van der Waals surface area (Å²) in [6, 6.07) is 1.79. The first-order chi connectivity index (χ1) is 9.69. The van der Waals surface area contributed by atoms with Crippen molar-refractivity contribution < 1.29 is 22.7 Å². The van der Waals surface area contributed by atoms with Crippen LogP contribution in [0.25, 0.3) is 0 Å². The van der Waals surface area contributed by atoms with Gasteiger partial charge in [0.1, 0.15) is 5.82 Å². The lowest BCUT2D eigenvalue weighted by molar-refractivity contribution is 0.0696. The minimum absolute atomic E-state index is 0.0926. The van der Waals surface area contributed by atoms with E-state index in [-0.39, 0.29) is 22.9 Å². The number of carboxylic acids is 1. The van der Waals surface area contributed by atoms with E-state index in [0.29, 0.717) is 0 Å². The Morgan fingerprint density at radius 2 is 2.10 bits per heavy atom. The number of thioether (sulfide) groups is 1. The van der Waals surface area contributed by atoms with Gasteiger partial charge in [0.15, 0.2) is 0 Å². The zero-order valence-corrected chi connectivity index (χ0v) is 13.6. The van der Waals surface area contributed by atoms with Crippen molar-refractivity contribution in [2.24, 2.45) is 5.92 Å². The normalized spacial score (nSPS) is 13.1. The Bertz CT molecular complexity index is 631. The van der Waals surface area contributed by atoms with Crippen LogP contribution in [0.5, 0.6) is 0 Å². The summed E-state index contributed by atoms with van der Waals surface area (Å²) in [5, 5.41) is 8.89. The summed E-state index contributed by atoms with van der Waals surface area (Å²) in [5.41, 5.74) is -0.486. The molecule has 0 saturated heterocycles. The third kappa shape index (κ3) is 4.69. The lowest BCUT2D eigenvalue weighted by Gasteiger charge is -2.14. The van der Waals surface area contributed by atoms with Gasteiger partial charge >= 0.3 is 5.97 Å². The predicted octanol–water partition coefficient (Wildman–Crippen LogP) is 2.11. The van der Waals surface area contributed by atoms with E-state index in [1.165, 1.54) is 6.92 Å². The fraction of sp³-hybridized carbons (Fsp3) is 0.462. The van der Waals surface area contributed by atoms with Crippen molar-refractivity contribution in [3.8, 4) is 0 Å². The molecule has 0 amide bonds. The minimum Gasteiger partial charge on any atom is -0.478 e. The number of hydrogen-bond donors (Lipinski definition) is 2. The molecule has 0 aliphatic rings. The van der Waals surface area contributed by atoms with E-state index in [1.54, 1.807) is 11.8 Å². The minimum atomic E-state index is -3.95. The van der Waals surface area contributed by atoms with Crippen LogP contribution in [-0.2, 0) is 10.0 Å². The van der Waals surface area contributed by atoms with Gasteiger partial charge in [0.25, 0.3) is 0 Å². The van der Waals surface area contributed by atoms with Crippen molar-refractivity contribution >= 4 is 27.8 Å². The van der Waals surface area contributed by atoms with Crippen LogP contribution < -0.4 is 4.72 Å². The molecule has 5 nitrogen and oxygen atoms in total. The second-order valence-corrected chi connectivity index (χ2v) is 7.44. The summed E-state index contributed by atoms with van der Waals surface area (Å²) in [5.74, 6) is -1.33. The molecular weight excluding hydrogens is 317 g/mol. The summed E-state index contributed by atoms with van der Waals surface area (Å²) in [4.78, 5) is 10.6. The average Bonchev–Trinajstić information content (AvgIpc) is 2.39. The fourth-order valence-corrected chi connectivity index (χ4v) is 3.86. The van der Waals surface area contributed by atoms with Crippen LogP contribution in [0.1, 0.15) is 22.8 Å². The van der Waals surface area contributed by atoms with Gasteiger partial charge in [-0.25, -0.2) is 22.3 Å². The monoisotopic (exact) mass is 335 g/mol. The molecule has 0 spiro atoms. The lowest BCUT2D eigenvalue weighted by Crippen LogP contribution is -2.30. The molecule has 0 aliphatic heterocycles. The van der Waals surface area contributed by atoms with Gasteiger partial charge in [-0.15, -0.1) is 0 Å². The molecule has 0 radical (unpaired) electrons. The molecule has 21 heavy (non-hydrogen) atoms. The molecule has 118 valence electrons. The smallest absolute Gasteiger partial charge is 0.335 e. The van der Waals surface area contributed by atoms with Gasteiger partial charge in [0, 0.05) is 12.1 Å². The zero-order valence-electron chi connectivity index (χ0n) is 12.0. The number of carboxylic acid groups (broad SMARTS) is 1. The van der Waals surface area contributed by atoms with Crippen molar-refractivity contribution in [1.82, 2.24) is 4.72 Å². The van der Waals surface area contributed by atoms with Gasteiger partial charge in [-0.1, -0.05) is 6.92 Å². The molecule has 0 heterocycles. The van der Waals surface area contributed by atoms with E-state index in [4.69, 9.17) is 5.11 Å². The van der Waals surface area contributed by atoms with E-state index in [0.717, 1.165) is 17.9 Å². The number of halogens is 1. The van der Waals surface area contributed by atoms with E-state index in [9.17, 15) is 17.6 Å². The molecule has 1 unspecified atom stereocenters. The SMILES string of the molecule is CSCC(C)CNS(=O)(=O)c1cc(C(=O)O)cc(F)c1C. The molecule has 1 atom stereocenters. The largest absolute Gasteiger partial charge is 0.478 e. The molecule has 0 aliphatic carbocycles. The van der Waals surface area contributed by atoms with Crippen molar-refractivity contribution in [2.45, 2.75) is 18.7 Å². The summed E-state index contributed by atoms with van der Waals surface area (Å²) in [6.07, 6.45) is 1.92. The van der Waals surface area contributed by atoms with Gasteiger partial charge in [0.2, 0.25) is 10.0 Å². The topological polar surface area (TPSA) is 83.5 Å². The van der Waals surface area contributed by atoms with Crippen molar-refractivity contribution in [3.63, 3.8) is 0 Å². The maximum absolute atomic E-state index is 13.7. The first-order valence-electron chi connectivity index (χ1n) is 6.21. The molecule has 0 saturated carbocycles. The molecule has 1 aromatic rings. The fourth-order valence-electron chi connectivity index (χ4n) is 1.73. The molecule has 1 rings (SSSR count). The van der Waals surface area contributed by atoms with Gasteiger partial charge < -0.3 is 5.11 Å². The summed E-state index contributed by atoms with van der Waals surface area (Å²) in [6.45, 7) is 3.41. The lowest BCUT2D eigenvalue weighted by atomic mass is 10.1. The summed E-state index contributed by atoms with van der Waals surface area (Å²) >= 11 is 1.60. The number of benzene rings is 1. The molecule has 0 bridgehead atoms. The Hall–Kier alpha value is -1.12.